The molecule has 0 aliphatic carbocycles. The first-order valence-electron chi connectivity index (χ1n) is 7.80. The van der Waals surface area contributed by atoms with Crippen LogP contribution in [0.5, 0.6) is 0 Å². The zero-order chi connectivity index (χ0) is 16.4. The van der Waals surface area contributed by atoms with Crippen LogP contribution in [-0.4, -0.2) is 39.5 Å². The van der Waals surface area contributed by atoms with Crippen molar-refractivity contribution < 1.29 is 14.7 Å². The van der Waals surface area contributed by atoms with E-state index in [0.717, 1.165) is 21.8 Å². The van der Waals surface area contributed by atoms with Gasteiger partial charge in [0.15, 0.2) is 0 Å². The lowest BCUT2D eigenvalue weighted by Gasteiger charge is -2.30. The van der Waals surface area contributed by atoms with Crippen molar-refractivity contribution >= 4 is 38.7 Å². The van der Waals surface area contributed by atoms with Crippen LogP contribution < -0.4 is 0 Å². The minimum Gasteiger partial charge on any atom is -0.481 e. The molecule has 1 aliphatic rings. The summed E-state index contributed by atoms with van der Waals surface area (Å²) in [5, 5.41) is 10.2. The third-order valence-corrected chi connectivity index (χ3v) is 5.14. The van der Waals surface area contributed by atoms with Gasteiger partial charge in [-0.15, -0.1) is 0 Å². The highest BCUT2D eigenvalue weighted by atomic mass is 79.9. The number of aryl methyl sites for hydroxylation is 1. The number of rotatable bonds is 4. The third kappa shape index (κ3) is 3.42. The van der Waals surface area contributed by atoms with Crippen LogP contribution in [-0.2, 0) is 16.1 Å². The first-order chi connectivity index (χ1) is 11.1. The number of carboxylic acids is 1. The highest BCUT2D eigenvalue weighted by molar-refractivity contribution is 9.10. The summed E-state index contributed by atoms with van der Waals surface area (Å²) in [6.45, 7) is 1.61. The Balaban J connectivity index is 1.64. The van der Waals surface area contributed by atoms with E-state index in [1.807, 2.05) is 30.5 Å². The first kappa shape index (κ1) is 16.1. The molecular formula is C17H19BrN2O3. The maximum absolute atomic E-state index is 12.4. The fourth-order valence-corrected chi connectivity index (χ4v) is 3.65. The topological polar surface area (TPSA) is 62.5 Å². The number of amides is 1. The molecule has 3 rings (SSSR count). The van der Waals surface area contributed by atoms with Crippen molar-refractivity contribution in [3.05, 3.63) is 34.9 Å². The number of likely N-dealkylation sites (tertiary alicyclic amines) is 1. The van der Waals surface area contributed by atoms with Crippen LogP contribution in [0, 0.1) is 5.92 Å². The van der Waals surface area contributed by atoms with Crippen molar-refractivity contribution in [3.8, 4) is 0 Å². The lowest BCUT2D eigenvalue weighted by molar-refractivity contribution is -0.145. The number of fused-ring (bicyclic) bond motifs is 1. The van der Waals surface area contributed by atoms with Crippen LogP contribution in [0.3, 0.4) is 0 Å². The Morgan fingerprint density at radius 1 is 1.30 bits per heavy atom. The largest absolute Gasteiger partial charge is 0.481 e. The van der Waals surface area contributed by atoms with Crippen LogP contribution >= 0.6 is 15.9 Å². The van der Waals surface area contributed by atoms with Gasteiger partial charge in [0.2, 0.25) is 5.91 Å². The molecule has 1 aliphatic heterocycles. The van der Waals surface area contributed by atoms with E-state index < -0.39 is 11.9 Å². The Morgan fingerprint density at radius 2 is 2.13 bits per heavy atom. The molecule has 0 bridgehead atoms. The van der Waals surface area contributed by atoms with Crippen molar-refractivity contribution in [3.63, 3.8) is 0 Å². The summed E-state index contributed by atoms with van der Waals surface area (Å²) >= 11 is 3.53. The van der Waals surface area contributed by atoms with Crippen LogP contribution in [0.15, 0.2) is 34.9 Å². The number of piperidine rings is 1. The standard InChI is InChI=1S/C17H19BrN2O3/c18-14-4-1-5-15-13(14)6-9-19(15)10-7-16(21)20-8-2-3-12(11-20)17(22)23/h1,4-6,9,12H,2-3,7-8,10-11H2,(H,22,23)/t12-/m0/s1. The molecule has 1 fully saturated rings. The lowest BCUT2D eigenvalue weighted by Crippen LogP contribution is -2.42. The van der Waals surface area contributed by atoms with Gasteiger partial charge in [-0.1, -0.05) is 22.0 Å². The maximum atomic E-state index is 12.4. The Labute approximate surface area is 143 Å². The van der Waals surface area contributed by atoms with Crippen LogP contribution in [0.4, 0.5) is 0 Å². The fraction of sp³-hybridized carbons (Fsp3) is 0.412. The number of aromatic nitrogens is 1. The van der Waals surface area contributed by atoms with E-state index in [1.165, 1.54) is 0 Å². The summed E-state index contributed by atoms with van der Waals surface area (Å²) in [7, 11) is 0. The molecule has 23 heavy (non-hydrogen) atoms. The molecule has 1 saturated heterocycles. The molecule has 0 radical (unpaired) electrons. The molecule has 2 heterocycles. The van der Waals surface area contributed by atoms with Gasteiger partial charge in [-0.3, -0.25) is 9.59 Å². The number of nitrogens with zero attached hydrogens (tertiary/aromatic N) is 2. The maximum Gasteiger partial charge on any atom is 0.308 e. The lowest BCUT2D eigenvalue weighted by atomic mass is 9.98. The number of hydrogen-bond donors (Lipinski definition) is 1. The second-order valence-corrected chi connectivity index (χ2v) is 6.80. The summed E-state index contributed by atoms with van der Waals surface area (Å²) in [6.07, 6.45) is 3.80. The summed E-state index contributed by atoms with van der Waals surface area (Å²) in [6, 6.07) is 8.04. The quantitative estimate of drug-likeness (QED) is 0.888. The Morgan fingerprint density at radius 3 is 2.91 bits per heavy atom. The van der Waals surface area contributed by atoms with Gasteiger partial charge in [-0.2, -0.15) is 0 Å². The van der Waals surface area contributed by atoms with E-state index >= 15 is 0 Å². The van der Waals surface area contributed by atoms with Gasteiger partial charge in [0, 0.05) is 47.6 Å². The molecular weight excluding hydrogens is 360 g/mol. The molecule has 1 aromatic carbocycles. The van der Waals surface area contributed by atoms with Crippen LogP contribution in [0.1, 0.15) is 19.3 Å². The normalized spacial score (nSPS) is 18.3. The van der Waals surface area contributed by atoms with Crippen LogP contribution in [0.25, 0.3) is 10.9 Å². The fourth-order valence-electron chi connectivity index (χ4n) is 3.16. The van der Waals surface area contributed by atoms with Gasteiger partial charge in [0.05, 0.1) is 5.92 Å². The van der Waals surface area contributed by atoms with E-state index in [2.05, 4.69) is 20.5 Å². The summed E-state index contributed by atoms with van der Waals surface area (Å²) in [4.78, 5) is 25.2. The molecule has 6 heteroatoms. The highest BCUT2D eigenvalue weighted by Crippen LogP contribution is 2.25. The van der Waals surface area contributed by atoms with E-state index in [0.29, 0.717) is 32.5 Å². The monoisotopic (exact) mass is 378 g/mol. The Hall–Kier alpha value is -1.82. The molecule has 0 saturated carbocycles. The summed E-state index contributed by atoms with van der Waals surface area (Å²) in [5.74, 6) is -1.19. The third-order valence-electron chi connectivity index (χ3n) is 4.45. The van der Waals surface area contributed by atoms with E-state index in [-0.39, 0.29) is 5.91 Å². The second kappa shape index (κ2) is 6.74. The predicted octanol–water partition coefficient (Wildman–Crippen LogP) is 3.12. The van der Waals surface area contributed by atoms with Crippen molar-refractivity contribution in [2.24, 2.45) is 5.92 Å². The molecule has 2 aromatic rings. The SMILES string of the molecule is O=C(O)[C@H]1CCCN(C(=O)CCn2ccc3c(Br)cccc32)C1. The van der Waals surface area contributed by atoms with Crippen LogP contribution in [0.2, 0.25) is 0 Å². The van der Waals surface area contributed by atoms with Crippen molar-refractivity contribution in [1.82, 2.24) is 9.47 Å². The van der Waals surface area contributed by atoms with E-state index in [4.69, 9.17) is 5.11 Å². The van der Waals surface area contributed by atoms with Crippen molar-refractivity contribution in [2.75, 3.05) is 13.1 Å². The first-order valence-corrected chi connectivity index (χ1v) is 8.59. The number of halogens is 1. The number of carbonyl (C=O) groups excluding carboxylic acids is 1. The molecule has 122 valence electrons. The highest BCUT2D eigenvalue weighted by Gasteiger charge is 2.27. The van der Waals surface area contributed by atoms with Gasteiger partial charge in [0.1, 0.15) is 0 Å². The molecule has 1 atom stereocenters. The zero-order valence-corrected chi connectivity index (χ0v) is 14.3. The Kier molecular flexibility index (Phi) is 4.71. The number of aliphatic carboxylic acids is 1. The van der Waals surface area contributed by atoms with Gasteiger partial charge in [-0.05, 0) is 31.0 Å². The van der Waals surface area contributed by atoms with E-state index in [1.54, 1.807) is 4.90 Å². The molecule has 5 nitrogen and oxygen atoms in total. The second-order valence-electron chi connectivity index (χ2n) is 5.95. The van der Waals surface area contributed by atoms with Gasteiger partial charge >= 0.3 is 5.97 Å². The van der Waals surface area contributed by atoms with E-state index in [9.17, 15) is 9.59 Å². The number of carboxylic acid groups (broad SMARTS) is 1. The minimum atomic E-state index is -0.802. The van der Waals surface area contributed by atoms with Gasteiger partial charge in [0.25, 0.3) is 0 Å². The molecule has 1 amide bonds. The van der Waals surface area contributed by atoms with Gasteiger partial charge in [-0.25, -0.2) is 0 Å². The summed E-state index contributed by atoms with van der Waals surface area (Å²) < 4.78 is 3.11. The summed E-state index contributed by atoms with van der Waals surface area (Å²) in [5.41, 5.74) is 1.09. The molecule has 0 spiro atoms. The average Bonchev–Trinajstić information content (AvgIpc) is 2.97. The van der Waals surface area contributed by atoms with Crippen molar-refractivity contribution in [2.45, 2.75) is 25.8 Å². The number of carbonyl (C=O) groups is 2. The smallest absolute Gasteiger partial charge is 0.308 e. The average molecular weight is 379 g/mol. The van der Waals surface area contributed by atoms with Crippen molar-refractivity contribution in [1.29, 1.82) is 0 Å². The number of hydrogen-bond acceptors (Lipinski definition) is 2. The predicted molar refractivity (Wildman–Crippen MR) is 91.2 cm³/mol. The molecule has 1 aromatic heterocycles. The van der Waals surface area contributed by atoms with Gasteiger partial charge < -0.3 is 14.6 Å². The number of benzene rings is 1. The molecule has 0 unspecified atom stereocenters. The molecule has 1 N–H and O–H groups in total. The Bertz CT molecular complexity index is 741. The minimum absolute atomic E-state index is 0.0350. The zero-order valence-electron chi connectivity index (χ0n) is 12.7.